The molecule has 1 aliphatic rings. The van der Waals surface area contributed by atoms with E-state index in [0.717, 1.165) is 55.5 Å². The van der Waals surface area contributed by atoms with Gasteiger partial charge in [-0.1, -0.05) is 201 Å². The Bertz CT molecular complexity index is 4330. The summed E-state index contributed by atoms with van der Waals surface area (Å²) in [5.41, 5.74) is 7.76. The van der Waals surface area contributed by atoms with Crippen LogP contribution in [-0.4, -0.2) is 70.8 Å². The molecule has 8 aromatic rings. The van der Waals surface area contributed by atoms with E-state index < -0.39 is 53.8 Å². The summed E-state index contributed by atoms with van der Waals surface area (Å²) in [7, 11) is -1.69. The summed E-state index contributed by atoms with van der Waals surface area (Å²) >= 11 is 0. The predicted octanol–water partition coefficient (Wildman–Crippen LogP) is 17.6. The Balaban J connectivity index is 1.49. The molecule has 0 radical (unpaired) electrons. The number of carbonyl (C=O) groups is 1. The molecule has 9 rings (SSSR count). The van der Waals surface area contributed by atoms with Crippen molar-refractivity contribution < 1.29 is 44.2 Å². The van der Waals surface area contributed by atoms with Gasteiger partial charge in [0.1, 0.15) is 33.0 Å². The maximum atomic E-state index is 16.1. The highest BCUT2D eigenvalue weighted by Crippen LogP contribution is 2.50. The Morgan fingerprint density at radius 3 is 1.11 bits per heavy atom. The summed E-state index contributed by atoms with van der Waals surface area (Å²) in [5.74, 6) is -0.890. The van der Waals surface area contributed by atoms with Crippen molar-refractivity contribution in [1.82, 2.24) is 0 Å². The van der Waals surface area contributed by atoms with Gasteiger partial charge in [-0.15, -0.1) is 0 Å². The van der Waals surface area contributed by atoms with Crippen LogP contribution in [0.3, 0.4) is 0 Å². The minimum absolute atomic E-state index is 0.00955. The van der Waals surface area contributed by atoms with Crippen molar-refractivity contribution in [2.24, 2.45) is 0 Å². The molecule has 1 unspecified atom stereocenters. The molecule has 0 aromatic heterocycles. The van der Waals surface area contributed by atoms with Gasteiger partial charge in [0.2, 0.25) is 0 Å². The lowest BCUT2D eigenvalue weighted by molar-refractivity contribution is -0.144. The summed E-state index contributed by atoms with van der Waals surface area (Å²) < 4.78 is 97.8. The fourth-order valence-corrected chi connectivity index (χ4v) is 14.7. The molecule has 0 fully saturated rings. The van der Waals surface area contributed by atoms with Crippen LogP contribution in [0.1, 0.15) is 196 Å². The lowest BCUT2D eigenvalue weighted by Gasteiger charge is -2.31. The second-order valence-electron chi connectivity index (χ2n) is 29.3. The van der Waals surface area contributed by atoms with E-state index in [2.05, 4.69) is 113 Å². The number of ether oxygens (including phenoxy) is 3. The van der Waals surface area contributed by atoms with Crippen LogP contribution >= 0.6 is 0 Å². The van der Waals surface area contributed by atoms with Crippen LogP contribution in [0.4, 0.5) is 11.4 Å². The first-order valence-corrected chi connectivity index (χ1v) is 35.3. The summed E-state index contributed by atoms with van der Waals surface area (Å²) in [6, 6.07) is 38.2. The van der Waals surface area contributed by atoms with E-state index in [-0.39, 0.29) is 59.3 Å². The zero-order chi connectivity index (χ0) is 67.2. The lowest BCUT2D eigenvalue weighted by Crippen LogP contribution is -2.24. The van der Waals surface area contributed by atoms with Gasteiger partial charge in [0.25, 0.3) is 0 Å². The molecule has 0 saturated heterocycles. The third-order valence-corrected chi connectivity index (χ3v) is 19.9. The topological polar surface area (TPSA) is 138 Å². The smallest absolute Gasteiger partial charge is 0.339 e. The van der Waals surface area contributed by atoms with Gasteiger partial charge >= 0.3 is 26.2 Å². The number of anilines is 2. The van der Waals surface area contributed by atoms with Crippen LogP contribution in [0.15, 0.2) is 131 Å². The van der Waals surface area contributed by atoms with Crippen molar-refractivity contribution in [2.75, 3.05) is 57.8 Å². The third-order valence-electron chi connectivity index (χ3n) is 17.3. The average molecular weight is 1290 g/mol. The van der Waals surface area contributed by atoms with Crippen molar-refractivity contribution in [3.8, 4) is 23.0 Å². The van der Waals surface area contributed by atoms with Crippen LogP contribution in [0, 0.1) is 0 Å². The van der Waals surface area contributed by atoms with Crippen molar-refractivity contribution >= 4 is 59.1 Å². The number of esters is 1. The summed E-state index contributed by atoms with van der Waals surface area (Å²) in [4.78, 5) is 20.0. The van der Waals surface area contributed by atoms with Gasteiger partial charge in [-0.3, -0.25) is 4.79 Å². The first-order valence-electron chi connectivity index (χ1n) is 32.4. The van der Waals surface area contributed by atoms with E-state index >= 15 is 21.6 Å². The molecule has 8 aromatic carbocycles. The van der Waals surface area contributed by atoms with E-state index in [4.69, 9.17) is 22.6 Å². The summed E-state index contributed by atoms with van der Waals surface area (Å²) in [6.07, 6.45) is 2.06. The Labute approximate surface area is 548 Å². The first kappa shape index (κ1) is 68.8. The monoisotopic (exact) mass is 1280 g/mol. The van der Waals surface area contributed by atoms with Crippen LogP contribution < -0.4 is 27.6 Å². The summed E-state index contributed by atoms with van der Waals surface area (Å²) in [6.45, 7) is 32.1. The van der Waals surface area contributed by atoms with Crippen LogP contribution in [0.25, 0.3) is 21.5 Å². The van der Waals surface area contributed by atoms with Gasteiger partial charge in [0, 0.05) is 108 Å². The quantitative estimate of drug-likeness (QED) is 0.0634. The van der Waals surface area contributed by atoms with Gasteiger partial charge < -0.3 is 32.4 Å². The Hall–Kier alpha value is -7.55. The van der Waals surface area contributed by atoms with Gasteiger partial charge in [0.15, 0.2) is 5.75 Å². The van der Waals surface area contributed by atoms with Crippen LogP contribution in [0.2, 0.25) is 0 Å². The summed E-state index contributed by atoms with van der Waals surface area (Å²) in [5, 5.41) is 2.47. The molecular formula is C78H96N2O10S2. The average Bonchev–Trinajstić information content (AvgIpc) is 0.758. The van der Waals surface area contributed by atoms with Crippen LogP contribution in [-0.2, 0) is 70.7 Å². The molecule has 8 bridgehead atoms. The van der Waals surface area contributed by atoms with Crippen molar-refractivity contribution in [2.45, 2.75) is 180 Å². The molecule has 1 aliphatic carbocycles. The minimum atomic E-state index is -4.76. The zero-order valence-electron chi connectivity index (χ0n) is 57.8. The SMILES string of the molecule is CCCOC(=O)C1c2cc(C(C)(C)C)cc(c2OCCC)Cc2cc(C(C)(C)C)cc(c2OS(=O)(=O)c2cccc3c(N(C)C)cccc23)Cc2cc(C(C)(C)C)cc(c2OCCC)Cc2cc(C(C)(C)C)cc1c2OS(=O)(=O)c1cccc2c(N(C)C)cccc12. The van der Waals surface area contributed by atoms with Crippen LogP contribution in [0.5, 0.6) is 23.0 Å². The molecule has 14 heteroatoms. The number of rotatable bonds is 17. The highest BCUT2D eigenvalue weighted by atomic mass is 32.2. The molecular weight excluding hydrogens is 1190 g/mol. The highest BCUT2D eigenvalue weighted by molar-refractivity contribution is 7.87. The lowest BCUT2D eigenvalue weighted by atomic mass is 9.77. The maximum Gasteiger partial charge on any atom is 0.339 e. The van der Waals surface area contributed by atoms with E-state index in [1.165, 1.54) is 0 Å². The highest BCUT2D eigenvalue weighted by Gasteiger charge is 2.39. The number of benzene rings is 8. The van der Waals surface area contributed by atoms with Gasteiger partial charge in [0.05, 0.1) is 19.8 Å². The molecule has 12 nitrogen and oxygen atoms in total. The van der Waals surface area contributed by atoms with E-state index in [1.807, 2.05) is 119 Å². The fourth-order valence-electron chi connectivity index (χ4n) is 12.2. The molecule has 490 valence electrons. The normalized spacial score (nSPS) is 14.1. The number of hydrogen-bond acceptors (Lipinski definition) is 12. The molecule has 1 atom stereocenters. The number of fused-ring (bicyclic) bond motifs is 10. The van der Waals surface area contributed by atoms with Gasteiger partial charge in [-0.05, 0) is 104 Å². The number of hydrogen-bond donors (Lipinski definition) is 0. The van der Waals surface area contributed by atoms with E-state index in [0.29, 0.717) is 76.0 Å². The van der Waals surface area contributed by atoms with Crippen molar-refractivity contribution in [1.29, 1.82) is 0 Å². The Morgan fingerprint density at radius 1 is 0.413 bits per heavy atom. The van der Waals surface area contributed by atoms with Crippen molar-refractivity contribution in [3.05, 3.63) is 188 Å². The Kier molecular flexibility index (Phi) is 19.8. The molecule has 0 amide bonds. The molecule has 0 spiro atoms. The fraction of sp³-hybridized carbons (Fsp3) is 0.423. The minimum Gasteiger partial charge on any atom is -0.493 e. The zero-order valence-corrected chi connectivity index (χ0v) is 59.4. The number of nitrogens with zero attached hydrogens (tertiary/aromatic N) is 2. The van der Waals surface area contributed by atoms with E-state index in [1.54, 1.807) is 30.3 Å². The van der Waals surface area contributed by atoms with Crippen molar-refractivity contribution in [3.63, 3.8) is 0 Å². The molecule has 0 N–H and O–H groups in total. The maximum absolute atomic E-state index is 16.1. The standard InChI is InChI=1S/C78H96N2O10S2/c1-20-35-86-70-49-38-51-43-56(76(7,8)9)44-52(71(51)89-91(82,83)67-33-25-27-59-61(67)29-23-31-65(59)79(16)17)40-53-45-57(77(10,11)12)47-63(72(53)87-36-21-2)69(74(81)88-37-22-3)64-48-58(78(13,14)15)46-54(39-50(70)42-55(41-49)75(4,5)6)73(64)90-92(84,85)68-34-26-28-60-62(68)30-24-32-66(60)80(18)19/h23-34,41-48,69H,20-22,35-40H2,1-19H3. The molecule has 0 aliphatic heterocycles. The third kappa shape index (κ3) is 14.5. The molecule has 0 heterocycles. The van der Waals surface area contributed by atoms with Gasteiger partial charge in [-0.2, -0.15) is 16.8 Å². The largest absolute Gasteiger partial charge is 0.493 e. The van der Waals surface area contributed by atoms with E-state index in [9.17, 15) is 0 Å². The predicted molar refractivity (Wildman–Crippen MR) is 376 cm³/mol. The second kappa shape index (κ2) is 26.5. The molecule has 92 heavy (non-hydrogen) atoms. The second-order valence-corrected chi connectivity index (χ2v) is 32.3. The Morgan fingerprint density at radius 2 is 0.728 bits per heavy atom. The molecule has 0 saturated carbocycles. The van der Waals surface area contributed by atoms with Gasteiger partial charge in [-0.25, -0.2) is 0 Å². The first-order chi connectivity index (χ1) is 43.1. The number of carbonyl (C=O) groups excluding carboxylic acids is 1.